The molecule has 1 rings (SSSR count). The molecule has 0 aliphatic heterocycles. The van der Waals surface area contributed by atoms with Gasteiger partial charge >= 0.3 is 0 Å². The van der Waals surface area contributed by atoms with Crippen LogP contribution in [-0.4, -0.2) is 5.11 Å². The summed E-state index contributed by atoms with van der Waals surface area (Å²) in [5, 5.41) is 9.46. The van der Waals surface area contributed by atoms with Crippen molar-refractivity contribution < 1.29 is 5.11 Å². The van der Waals surface area contributed by atoms with Gasteiger partial charge in [0.25, 0.3) is 0 Å². The molecule has 0 amide bonds. The molecule has 0 unspecified atom stereocenters. The van der Waals surface area contributed by atoms with Crippen molar-refractivity contribution in [3.05, 3.63) is 29.3 Å². The van der Waals surface area contributed by atoms with Crippen molar-refractivity contribution in [3.63, 3.8) is 0 Å². The van der Waals surface area contributed by atoms with E-state index in [1.165, 1.54) is 0 Å². The average molecular weight is 182 g/mol. The van der Waals surface area contributed by atoms with E-state index in [1.54, 1.807) is 6.07 Å². The molecule has 1 N–H and O–H groups in total. The van der Waals surface area contributed by atoms with Crippen LogP contribution in [0, 0.1) is 6.92 Å². The van der Waals surface area contributed by atoms with Crippen molar-refractivity contribution in [2.45, 2.75) is 26.7 Å². The maximum absolute atomic E-state index is 9.46. The Labute approximate surface area is 80.9 Å². The van der Waals surface area contributed by atoms with E-state index in [9.17, 15) is 5.11 Å². The summed E-state index contributed by atoms with van der Waals surface area (Å²) in [6, 6.07) is 5.81. The lowest BCUT2D eigenvalue weighted by molar-refractivity contribution is 0.464. The Hall–Kier alpha value is -0.630. The van der Waals surface area contributed by atoms with Crippen LogP contribution in [0.2, 0.25) is 0 Å². The second-order valence-electron chi connectivity index (χ2n) is 3.22. The number of benzene rings is 1. The van der Waals surface area contributed by atoms with Crippen molar-refractivity contribution in [1.29, 1.82) is 0 Å². The van der Waals surface area contributed by atoms with Gasteiger partial charge in [-0.05, 0) is 30.0 Å². The second kappa shape index (κ2) is 4.41. The van der Waals surface area contributed by atoms with Crippen LogP contribution >= 0.6 is 13.5 Å². The summed E-state index contributed by atoms with van der Waals surface area (Å²) in [5.74, 6) is 0.815. The summed E-state index contributed by atoms with van der Waals surface area (Å²) >= 11 is 0. The van der Waals surface area contributed by atoms with Gasteiger partial charge < -0.3 is 5.11 Å². The number of aromatic hydroxyl groups is 1. The minimum absolute atomic E-state index is 0. The highest BCUT2D eigenvalue weighted by Crippen LogP contribution is 2.25. The summed E-state index contributed by atoms with van der Waals surface area (Å²) in [7, 11) is 0. The van der Waals surface area contributed by atoms with Gasteiger partial charge in [0.2, 0.25) is 0 Å². The SMILES string of the molecule is Cc1ccc(C(C)C)c(O)c1.[S]. The zero-order chi connectivity index (χ0) is 8.43. The molecule has 1 aromatic carbocycles. The molecular weight excluding hydrogens is 168 g/mol. The van der Waals surface area contributed by atoms with Gasteiger partial charge in [-0.1, -0.05) is 26.0 Å². The zero-order valence-electron chi connectivity index (χ0n) is 7.66. The highest BCUT2D eigenvalue weighted by Gasteiger charge is 2.03. The number of phenolic OH excluding ortho intramolecular Hbond substituents is 1. The van der Waals surface area contributed by atoms with Gasteiger partial charge in [-0.15, -0.1) is 0 Å². The van der Waals surface area contributed by atoms with E-state index in [4.69, 9.17) is 0 Å². The number of rotatable bonds is 1. The van der Waals surface area contributed by atoms with Gasteiger partial charge in [0.15, 0.2) is 0 Å². The van der Waals surface area contributed by atoms with Crippen LogP contribution in [0.1, 0.15) is 30.9 Å². The molecule has 0 bridgehead atoms. The van der Waals surface area contributed by atoms with E-state index in [0.717, 1.165) is 11.1 Å². The Balaban J connectivity index is 0.00000121. The monoisotopic (exact) mass is 182 g/mol. The van der Waals surface area contributed by atoms with Crippen LogP contribution in [0.4, 0.5) is 0 Å². The molecule has 0 saturated heterocycles. The maximum atomic E-state index is 9.46. The van der Waals surface area contributed by atoms with Crippen LogP contribution in [0.15, 0.2) is 18.2 Å². The molecule has 66 valence electrons. The molecular formula is C10H14OS. The first kappa shape index (κ1) is 11.4. The van der Waals surface area contributed by atoms with E-state index >= 15 is 0 Å². The van der Waals surface area contributed by atoms with E-state index < -0.39 is 0 Å². The number of hydrogen-bond acceptors (Lipinski definition) is 1. The quantitative estimate of drug-likeness (QED) is 0.705. The minimum Gasteiger partial charge on any atom is -0.508 e. The smallest absolute Gasteiger partial charge is 0.119 e. The largest absolute Gasteiger partial charge is 0.508 e. The van der Waals surface area contributed by atoms with Crippen LogP contribution in [0.5, 0.6) is 5.75 Å². The topological polar surface area (TPSA) is 20.2 Å². The molecule has 2 radical (unpaired) electrons. The van der Waals surface area contributed by atoms with Crippen LogP contribution in [0.25, 0.3) is 0 Å². The number of aryl methyl sites for hydroxylation is 1. The molecule has 0 heterocycles. The van der Waals surface area contributed by atoms with Crippen molar-refractivity contribution in [1.82, 2.24) is 0 Å². The Morgan fingerprint density at radius 3 is 2.25 bits per heavy atom. The van der Waals surface area contributed by atoms with Crippen molar-refractivity contribution in [3.8, 4) is 5.75 Å². The fourth-order valence-electron chi connectivity index (χ4n) is 1.14. The fourth-order valence-corrected chi connectivity index (χ4v) is 1.14. The molecule has 0 aliphatic carbocycles. The lowest BCUT2D eigenvalue weighted by Crippen LogP contribution is -1.87. The third-order valence-electron chi connectivity index (χ3n) is 1.81. The summed E-state index contributed by atoms with van der Waals surface area (Å²) in [6.07, 6.45) is 0. The first-order valence-corrected chi connectivity index (χ1v) is 3.91. The Kier molecular flexibility index (Phi) is 4.18. The zero-order valence-corrected chi connectivity index (χ0v) is 8.48. The van der Waals surface area contributed by atoms with Gasteiger partial charge in [-0.25, -0.2) is 0 Å². The van der Waals surface area contributed by atoms with Gasteiger partial charge in [0, 0.05) is 13.5 Å². The maximum Gasteiger partial charge on any atom is 0.119 e. The summed E-state index contributed by atoms with van der Waals surface area (Å²) in [4.78, 5) is 0. The molecule has 2 heteroatoms. The van der Waals surface area contributed by atoms with Gasteiger partial charge in [-0.2, -0.15) is 0 Å². The van der Waals surface area contributed by atoms with Gasteiger partial charge in [-0.3, -0.25) is 0 Å². The van der Waals surface area contributed by atoms with Crippen LogP contribution < -0.4 is 0 Å². The van der Waals surface area contributed by atoms with E-state index in [2.05, 4.69) is 13.8 Å². The normalized spacial score (nSPS) is 9.67. The first-order chi connectivity index (χ1) is 5.11. The third-order valence-corrected chi connectivity index (χ3v) is 1.81. The molecule has 0 aromatic heterocycles. The average Bonchev–Trinajstić information content (AvgIpc) is 1.85. The van der Waals surface area contributed by atoms with E-state index in [1.807, 2.05) is 19.1 Å². The highest BCUT2D eigenvalue weighted by molar-refractivity contribution is 7.59. The molecule has 0 saturated carbocycles. The lowest BCUT2D eigenvalue weighted by Gasteiger charge is -2.07. The second-order valence-corrected chi connectivity index (χ2v) is 3.22. The van der Waals surface area contributed by atoms with Gasteiger partial charge in [0.1, 0.15) is 5.75 Å². The minimum atomic E-state index is 0. The van der Waals surface area contributed by atoms with Crippen molar-refractivity contribution in [2.75, 3.05) is 0 Å². The van der Waals surface area contributed by atoms with E-state index in [-0.39, 0.29) is 13.5 Å². The molecule has 0 spiro atoms. The molecule has 0 aliphatic rings. The predicted molar refractivity (Wildman–Crippen MR) is 54.5 cm³/mol. The van der Waals surface area contributed by atoms with Crippen molar-refractivity contribution in [2.24, 2.45) is 0 Å². The molecule has 0 fully saturated rings. The van der Waals surface area contributed by atoms with Crippen molar-refractivity contribution >= 4 is 13.5 Å². The molecule has 12 heavy (non-hydrogen) atoms. The summed E-state index contributed by atoms with van der Waals surface area (Å²) < 4.78 is 0. The fraction of sp³-hybridized carbons (Fsp3) is 0.400. The highest BCUT2D eigenvalue weighted by atomic mass is 32.1. The van der Waals surface area contributed by atoms with Crippen LogP contribution in [-0.2, 0) is 0 Å². The first-order valence-electron chi connectivity index (χ1n) is 3.91. The Morgan fingerprint density at radius 2 is 1.83 bits per heavy atom. The Morgan fingerprint density at radius 1 is 1.25 bits per heavy atom. The molecule has 0 atom stereocenters. The standard InChI is InChI=1S/C10H14O.S/c1-7(2)9-5-4-8(3)6-10(9)11;/h4-7,11H,1-3H3;. The van der Waals surface area contributed by atoms with Crippen LogP contribution in [0.3, 0.4) is 0 Å². The molecule has 1 aromatic rings. The summed E-state index contributed by atoms with van der Waals surface area (Å²) in [5.41, 5.74) is 2.13. The third kappa shape index (κ3) is 2.45. The Bertz CT molecular complexity index is 256. The molecule has 1 nitrogen and oxygen atoms in total. The summed E-state index contributed by atoms with van der Waals surface area (Å²) in [6.45, 7) is 6.12. The van der Waals surface area contributed by atoms with E-state index in [0.29, 0.717) is 11.7 Å². The van der Waals surface area contributed by atoms with Gasteiger partial charge in [0.05, 0.1) is 0 Å². The number of hydrogen-bond donors (Lipinski definition) is 1. The number of phenols is 1. The lowest BCUT2D eigenvalue weighted by atomic mass is 10.0. The predicted octanol–water partition coefficient (Wildman–Crippen LogP) is 3.47.